The summed E-state index contributed by atoms with van der Waals surface area (Å²) in [6, 6.07) is 16.5. The molecule has 5 rings (SSSR count). The van der Waals surface area contributed by atoms with Gasteiger partial charge in [-0.15, -0.1) is 0 Å². The van der Waals surface area contributed by atoms with Crippen molar-refractivity contribution in [3.05, 3.63) is 83.2 Å². The minimum absolute atomic E-state index is 0.0733. The van der Waals surface area contributed by atoms with Gasteiger partial charge in [0.15, 0.2) is 9.84 Å². The number of amides is 2. The summed E-state index contributed by atoms with van der Waals surface area (Å²) in [4.78, 5) is 34.7. The minimum Gasteiger partial charge on any atom is -0.497 e. The van der Waals surface area contributed by atoms with E-state index in [4.69, 9.17) is 9.47 Å². The van der Waals surface area contributed by atoms with Crippen LogP contribution in [0.3, 0.4) is 0 Å². The number of rotatable bonds is 9. The van der Waals surface area contributed by atoms with Gasteiger partial charge in [0.1, 0.15) is 23.3 Å². The van der Waals surface area contributed by atoms with Gasteiger partial charge in [0, 0.05) is 64.1 Å². The smallest absolute Gasteiger partial charge is 0.272 e. The number of nitrogens with one attached hydrogen (secondary N) is 1. The molecule has 2 amide bonds. The minimum atomic E-state index is -3.29. The number of methoxy groups -OCH3 is 1. The molecule has 11 heteroatoms. The Morgan fingerprint density at radius 1 is 0.932 bits per heavy atom. The highest BCUT2D eigenvalue weighted by Crippen LogP contribution is 2.25. The molecule has 0 unspecified atom stereocenters. The Bertz CT molecular complexity index is 1560. The summed E-state index contributed by atoms with van der Waals surface area (Å²) in [5.74, 6) is 1.12. The first kappa shape index (κ1) is 31.5. The maximum atomic E-state index is 13.1. The first-order chi connectivity index (χ1) is 21.1. The molecule has 0 spiro atoms. The van der Waals surface area contributed by atoms with E-state index in [0.29, 0.717) is 53.4 Å². The number of carbonyl (C=O) groups is 2. The van der Waals surface area contributed by atoms with Crippen LogP contribution in [0.25, 0.3) is 0 Å². The first-order valence-corrected chi connectivity index (χ1v) is 16.9. The molecule has 2 saturated heterocycles. The Kier molecular flexibility index (Phi) is 9.85. The van der Waals surface area contributed by atoms with Crippen LogP contribution in [0.4, 0.5) is 0 Å². The monoisotopic (exact) mass is 620 g/mol. The van der Waals surface area contributed by atoms with Crippen LogP contribution in [0.1, 0.15) is 57.7 Å². The molecule has 10 nitrogen and oxygen atoms in total. The van der Waals surface area contributed by atoms with Crippen molar-refractivity contribution in [2.45, 2.75) is 56.2 Å². The van der Waals surface area contributed by atoms with Crippen LogP contribution in [-0.2, 0) is 16.4 Å². The van der Waals surface area contributed by atoms with E-state index >= 15 is 0 Å². The van der Waals surface area contributed by atoms with Crippen molar-refractivity contribution in [2.24, 2.45) is 0 Å². The third kappa shape index (κ3) is 7.95. The number of aromatic nitrogens is 1. The average molecular weight is 621 g/mol. The predicted molar refractivity (Wildman–Crippen MR) is 167 cm³/mol. The second kappa shape index (κ2) is 13.8. The fourth-order valence-electron chi connectivity index (χ4n) is 5.79. The van der Waals surface area contributed by atoms with Gasteiger partial charge in [0.25, 0.3) is 11.8 Å². The summed E-state index contributed by atoms with van der Waals surface area (Å²) in [6.45, 7) is 5.46. The Hall–Kier alpha value is -3.96. The van der Waals surface area contributed by atoms with Gasteiger partial charge in [0.05, 0.1) is 17.6 Å². The third-order valence-electron chi connectivity index (χ3n) is 8.31. The van der Waals surface area contributed by atoms with Crippen LogP contribution in [-0.4, -0.2) is 86.7 Å². The molecule has 234 valence electrons. The predicted octanol–water partition coefficient (Wildman–Crippen LogP) is 3.88. The number of pyridine rings is 1. The summed E-state index contributed by atoms with van der Waals surface area (Å²) in [6.07, 6.45) is 5.64. The summed E-state index contributed by atoms with van der Waals surface area (Å²) in [5, 5.41) is 3.12. The van der Waals surface area contributed by atoms with Crippen molar-refractivity contribution in [1.29, 1.82) is 0 Å². The quantitative estimate of drug-likeness (QED) is 0.383. The zero-order valence-electron chi connectivity index (χ0n) is 25.5. The fourth-order valence-corrected chi connectivity index (χ4v) is 6.75. The van der Waals surface area contributed by atoms with E-state index in [9.17, 15) is 18.0 Å². The highest BCUT2D eigenvalue weighted by atomic mass is 32.2. The lowest BCUT2D eigenvalue weighted by atomic mass is 10.0. The molecule has 0 radical (unpaired) electrons. The molecule has 1 aromatic heterocycles. The maximum absolute atomic E-state index is 13.1. The van der Waals surface area contributed by atoms with E-state index in [2.05, 4.69) is 27.3 Å². The number of carbonyl (C=O) groups excluding carboxylic acids is 2. The van der Waals surface area contributed by atoms with Gasteiger partial charge < -0.3 is 19.7 Å². The van der Waals surface area contributed by atoms with Gasteiger partial charge >= 0.3 is 0 Å². The van der Waals surface area contributed by atoms with Crippen LogP contribution in [0.2, 0.25) is 0 Å². The first-order valence-electron chi connectivity index (χ1n) is 15.0. The topological polar surface area (TPSA) is 118 Å². The molecule has 1 N–H and O–H groups in total. The molecule has 0 bridgehead atoms. The van der Waals surface area contributed by atoms with Gasteiger partial charge in [-0.25, -0.2) is 8.42 Å². The number of ether oxygens (including phenoxy) is 2. The lowest BCUT2D eigenvalue weighted by Gasteiger charge is -2.32. The Morgan fingerprint density at radius 2 is 1.61 bits per heavy atom. The lowest BCUT2D eigenvalue weighted by Crippen LogP contribution is -2.44. The molecule has 0 atom stereocenters. The number of nitrogens with zero attached hydrogens (tertiary/aromatic N) is 3. The van der Waals surface area contributed by atoms with Gasteiger partial charge in [-0.1, -0.05) is 12.1 Å². The van der Waals surface area contributed by atoms with Crippen LogP contribution in [0.15, 0.2) is 65.7 Å². The lowest BCUT2D eigenvalue weighted by molar-refractivity contribution is 0.0589. The molecular formula is C33H40N4O6S. The number of piperidine rings is 2. The number of aryl methyl sites for hydroxylation is 1. The van der Waals surface area contributed by atoms with Crippen LogP contribution < -0.4 is 14.8 Å². The zero-order chi connectivity index (χ0) is 31.3. The standard InChI is InChI=1S/C33H40N4O6S/c1-23-20-29(9-11-31(23)44(3,40)41)43-28-14-18-37(19-15-28)33(39)30-10-6-25(21-34-30)32(38)35-26-12-16-36(17-13-26)22-24-4-7-27(42-2)8-5-24/h4-11,20-21,26,28H,12-19,22H2,1-3H3,(H,35,38). The van der Waals surface area contributed by atoms with Gasteiger partial charge in [-0.05, 0) is 73.4 Å². The number of hydrogen-bond donors (Lipinski definition) is 1. The van der Waals surface area contributed by atoms with E-state index < -0.39 is 9.84 Å². The van der Waals surface area contributed by atoms with Crippen molar-refractivity contribution in [1.82, 2.24) is 20.1 Å². The highest BCUT2D eigenvalue weighted by molar-refractivity contribution is 7.90. The normalized spacial score (nSPS) is 16.8. The number of benzene rings is 2. The van der Waals surface area contributed by atoms with Crippen LogP contribution >= 0.6 is 0 Å². The van der Waals surface area contributed by atoms with Crippen molar-refractivity contribution in [3.8, 4) is 11.5 Å². The molecule has 0 aliphatic carbocycles. The zero-order valence-corrected chi connectivity index (χ0v) is 26.3. The highest BCUT2D eigenvalue weighted by Gasteiger charge is 2.26. The molecule has 2 fully saturated rings. The van der Waals surface area contributed by atoms with Gasteiger partial charge in [-0.2, -0.15) is 0 Å². The van der Waals surface area contributed by atoms with E-state index in [-0.39, 0.29) is 24.0 Å². The Labute approximate surface area is 259 Å². The molecule has 2 aromatic carbocycles. The number of likely N-dealkylation sites (tertiary alicyclic amines) is 2. The molecule has 3 aromatic rings. The molecular weight excluding hydrogens is 580 g/mol. The number of sulfone groups is 1. The van der Waals surface area contributed by atoms with E-state index in [1.807, 2.05) is 12.1 Å². The molecule has 2 aliphatic rings. The van der Waals surface area contributed by atoms with E-state index in [1.54, 1.807) is 49.3 Å². The second-order valence-electron chi connectivity index (χ2n) is 11.6. The van der Waals surface area contributed by atoms with Crippen molar-refractivity contribution < 1.29 is 27.5 Å². The maximum Gasteiger partial charge on any atom is 0.272 e. The van der Waals surface area contributed by atoms with Crippen molar-refractivity contribution in [2.75, 3.05) is 39.5 Å². The molecule has 0 saturated carbocycles. The Morgan fingerprint density at radius 3 is 2.20 bits per heavy atom. The largest absolute Gasteiger partial charge is 0.497 e. The molecule has 2 aliphatic heterocycles. The Balaban J connectivity index is 1.06. The van der Waals surface area contributed by atoms with Gasteiger partial charge in [0.2, 0.25) is 0 Å². The van der Waals surface area contributed by atoms with Crippen LogP contribution in [0, 0.1) is 6.92 Å². The van der Waals surface area contributed by atoms with E-state index in [0.717, 1.165) is 38.2 Å². The average Bonchev–Trinajstić information content (AvgIpc) is 3.02. The fraction of sp³-hybridized carbons (Fsp3) is 0.424. The summed E-state index contributed by atoms with van der Waals surface area (Å²) >= 11 is 0. The van der Waals surface area contributed by atoms with Gasteiger partial charge in [-0.3, -0.25) is 19.5 Å². The SMILES string of the molecule is COc1ccc(CN2CCC(NC(=O)c3ccc(C(=O)N4CCC(Oc5ccc(S(C)(=O)=O)c(C)c5)CC4)nc3)CC2)cc1. The number of hydrogen-bond acceptors (Lipinski definition) is 8. The van der Waals surface area contributed by atoms with E-state index in [1.165, 1.54) is 18.0 Å². The summed E-state index contributed by atoms with van der Waals surface area (Å²) in [5.41, 5.74) is 2.62. The second-order valence-corrected chi connectivity index (χ2v) is 13.6. The summed E-state index contributed by atoms with van der Waals surface area (Å²) in [7, 11) is -1.62. The van der Waals surface area contributed by atoms with Crippen LogP contribution in [0.5, 0.6) is 11.5 Å². The molecule has 3 heterocycles. The van der Waals surface area contributed by atoms with Crippen molar-refractivity contribution in [3.63, 3.8) is 0 Å². The summed E-state index contributed by atoms with van der Waals surface area (Å²) < 4.78 is 35.1. The van der Waals surface area contributed by atoms with Crippen molar-refractivity contribution >= 4 is 21.7 Å². The third-order valence-corrected chi connectivity index (χ3v) is 9.57. The molecule has 44 heavy (non-hydrogen) atoms.